The first-order valence-corrected chi connectivity index (χ1v) is 14.2. The smallest absolute Gasteiger partial charge is 0.235 e. The van der Waals surface area contributed by atoms with Crippen molar-refractivity contribution in [3.8, 4) is 17.2 Å². The van der Waals surface area contributed by atoms with Crippen LogP contribution in [0.1, 0.15) is 17.5 Å². The average molecular weight is 555 g/mol. The highest BCUT2D eigenvalue weighted by Gasteiger charge is 2.26. The molecule has 1 atom stereocenters. The van der Waals surface area contributed by atoms with Gasteiger partial charge in [-0.3, -0.25) is 9.59 Å². The molecule has 0 aliphatic rings. The number of anilines is 2. The molecule has 4 N–H and O–H groups in total. The van der Waals surface area contributed by atoms with Crippen LogP contribution in [0.5, 0.6) is 17.2 Å². The summed E-state index contributed by atoms with van der Waals surface area (Å²) in [6.45, 7) is 0. The molecule has 14 heteroatoms. The Morgan fingerprint density at radius 3 is 2.44 bits per heavy atom. The van der Waals surface area contributed by atoms with Crippen LogP contribution in [-0.4, -0.2) is 44.8 Å². The molecule has 10 nitrogen and oxygen atoms in total. The van der Waals surface area contributed by atoms with Crippen molar-refractivity contribution in [1.29, 1.82) is 0 Å². The number of aromatic nitrogens is 1. The van der Waals surface area contributed by atoms with Gasteiger partial charge in [-0.15, -0.1) is 11.8 Å². The van der Waals surface area contributed by atoms with Gasteiger partial charge < -0.3 is 25.8 Å². The number of hydrogen-bond donors (Lipinski definition) is 3. The highest BCUT2D eigenvalue weighted by Crippen LogP contribution is 2.36. The molecular formula is C22H23FN4O6S3. The van der Waals surface area contributed by atoms with Crippen LogP contribution in [0.25, 0.3) is 0 Å². The summed E-state index contributed by atoms with van der Waals surface area (Å²) in [5.41, 5.74) is 6.04. The van der Waals surface area contributed by atoms with Crippen LogP contribution < -0.4 is 25.8 Å². The fourth-order valence-electron chi connectivity index (χ4n) is 2.91. The highest BCUT2D eigenvalue weighted by atomic mass is 32.2. The summed E-state index contributed by atoms with van der Waals surface area (Å²) in [6, 6.07) is 10.2. The lowest BCUT2D eigenvalue weighted by Crippen LogP contribution is -2.22. The molecule has 36 heavy (non-hydrogen) atoms. The van der Waals surface area contributed by atoms with Crippen molar-refractivity contribution >= 4 is 55.6 Å². The molecular weight excluding hydrogens is 531 g/mol. The number of thioether (sulfide) groups is 1. The normalized spacial score (nSPS) is 12.0. The first kappa shape index (κ1) is 27.4. The first-order valence-electron chi connectivity index (χ1n) is 10.2. The Morgan fingerprint density at radius 2 is 1.81 bits per heavy atom. The third-order valence-electron chi connectivity index (χ3n) is 4.61. The van der Waals surface area contributed by atoms with Crippen molar-refractivity contribution in [1.82, 2.24) is 4.98 Å². The quantitative estimate of drug-likeness (QED) is 0.251. The fraction of sp³-hybridized carbons (Fsp3) is 0.227. The molecule has 0 aliphatic heterocycles. The number of sulfone groups is 1. The van der Waals surface area contributed by atoms with Gasteiger partial charge in [0.15, 0.2) is 37.6 Å². The molecule has 0 spiro atoms. The van der Waals surface area contributed by atoms with Crippen LogP contribution in [0.4, 0.5) is 15.2 Å². The van der Waals surface area contributed by atoms with Gasteiger partial charge in [-0.05, 0) is 30.5 Å². The number of para-hydroxylation sites is 2. The van der Waals surface area contributed by atoms with E-state index in [0.717, 1.165) is 29.7 Å². The number of methoxy groups -OCH3 is 1. The molecule has 1 heterocycles. The minimum atomic E-state index is -3.61. The lowest BCUT2D eigenvalue weighted by atomic mass is 10.2. The van der Waals surface area contributed by atoms with Gasteiger partial charge in [0, 0.05) is 12.3 Å². The van der Waals surface area contributed by atoms with Crippen molar-refractivity contribution < 1.29 is 31.9 Å². The maximum Gasteiger partial charge on any atom is 0.235 e. The number of carbonyl (C=O) groups is 2. The highest BCUT2D eigenvalue weighted by molar-refractivity contribution is 8.00. The van der Waals surface area contributed by atoms with Crippen molar-refractivity contribution in [3.05, 3.63) is 54.0 Å². The summed E-state index contributed by atoms with van der Waals surface area (Å²) in [6.07, 6.45) is 2.12. The SMILES string of the molecule is COc1ccccc1Oc1cc(F)ccc1NC(=O)CC(=O)Nc1nc(C(N)S(C)(=O)=O)c(SC)s1. The summed E-state index contributed by atoms with van der Waals surface area (Å²) >= 11 is 2.28. The van der Waals surface area contributed by atoms with Gasteiger partial charge in [0.2, 0.25) is 11.8 Å². The van der Waals surface area contributed by atoms with Crippen molar-refractivity contribution in [2.75, 3.05) is 30.3 Å². The maximum absolute atomic E-state index is 13.9. The zero-order valence-electron chi connectivity index (χ0n) is 19.4. The minimum Gasteiger partial charge on any atom is -0.493 e. The predicted octanol–water partition coefficient (Wildman–Crippen LogP) is 3.77. The van der Waals surface area contributed by atoms with Crippen LogP contribution in [-0.2, 0) is 19.4 Å². The number of nitrogens with zero attached hydrogens (tertiary/aromatic N) is 1. The number of hydrogen-bond acceptors (Lipinski definition) is 10. The molecule has 0 radical (unpaired) electrons. The number of nitrogens with one attached hydrogen (secondary N) is 2. The Balaban J connectivity index is 1.70. The van der Waals surface area contributed by atoms with Gasteiger partial charge in [0.1, 0.15) is 12.2 Å². The number of thiazole rings is 1. The minimum absolute atomic E-state index is 0.0113. The van der Waals surface area contributed by atoms with E-state index in [9.17, 15) is 22.4 Å². The number of rotatable bonds is 10. The predicted molar refractivity (Wildman–Crippen MR) is 137 cm³/mol. The van der Waals surface area contributed by atoms with Gasteiger partial charge >= 0.3 is 0 Å². The molecule has 3 rings (SSSR count). The van der Waals surface area contributed by atoms with E-state index in [2.05, 4.69) is 15.6 Å². The van der Waals surface area contributed by atoms with Gasteiger partial charge in [0.25, 0.3) is 0 Å². The maximum atomic E-state index is 13.9. The first-order chi connectivity index (χ1) is 17.0. The molecule has 0 saturated heterocycles. The standard InChI is InChI=1S/C22H23FN4O6S3/c1-32-14-6-4-5-7-15(14)33-16-10-12(23)8-9-13(16)25-17(28)11-18(29)26-22-27-19(21(34-2)35-22)20(24)36(3,30)31/h4-10,20H,11,24H2,1-3H3,(H,25,28)(H,26,27,29). The number of ether oxygens (including phenoxy) is 2. The second kappa shape index (κ2) is 11.7. The topological polar surface area (TPSA) is 150 Å². The Kier molecular flexibility index (Phi) is 8.89. The number of nitrogens with two attached hydrogens (primary N) is 1. The Bertz CT molecular complexity index is 1380. The molecule has 192 valence electrons. The van der Waals surface area contributed by atoms with E-state index in [1.165, 1.54) is 24.9 Å². The van der Waals surface area contributed by atoms with E-state index in [-0.39, 0.29) is 22.3 Å². The summed E-state index contributed by atoms with van der Waals surface area (Å²) in [4.78, 5) is 29.1. The van der Waals surface area contributed by atoms with E-state index in [1.54, 1.807) is 30.5 Å². The molecule has 1 unspecified atom stereocenters. The molecule has 0 fully saturated rings. The molecule has 1 aromatic heterocycles. The molecule has 0 bridgehead atoms. The van der Waals surface area contributed by atoms with Crippen molar-refractivity contribution in [2.24, 2.45) is 5.73 Å². The largest absolute Gasteiger partial charge is 0.493 e. The van der Waals surface area contributed by atoms with Gasteiger partial charge in [-0.25, -0.2) is 17.8 Å². The lowest BCUT2D eigenvalue weighted by molar-refractivity contribution is -0.123. The monoisotopic (exact) mass is 554 g/mol. The van der Waals surface area contributed by atoms with Crippen LogP contribution >= 0.6 is 23.1 Å². The van der Waals surface area contributed by atoms with Gasteiger partial charge in [0.05, 0.1) is 22.7 Å². The second-order valence-electron chi connectivity index (χ2n) is 7.31. The number of halogens is 1. The molecule has 3 aromatic rings. The van der Waals surface area contributed by atoms with E-state index >= 15 is 0 Å². The lowest BCUT2D eigenvalue weighted by Gasteiger charge is -2.14. The summed E-state index contributed by atoms with van der Waals surface area (Å²) in [7, 11) is -2.15. The molecule has 0 aliphatic carbocycles. The van der Waals surface area contributed by atoms with Crippen LogP contribution in [0, 0.1) is 5.82 Å². The van der Waals surface area contributed by atoms with E-state index in [0.29, 0.717) is 15.7 Å². The van der Waals surface area contributed by atoms with Gasteiger partial charge in [-0.2, -0.15) is 0 Å². The fourth-order valence-corrected chi connectivity index (χ4v) is 5.35. The van der Waals surface area contributed by atoms with Crippen molar-refractivity contribution in [2.45, 2.75) is 16.0 Å². The number of carbonyl (C=O) groups excluding carboxylic acids is 2. The van der Waals surface area contributed by atoms with E-state index < -0.39 is 39.3 Å². The molecule has 0 saturated carbocycles. The summed E-state index contributed by atoms with van der Waals surface area (Å²) in [5, 5.41) is 3.76. The van der Waals surface area contributed by atoms with E-state index in [1.807, 2.05) is 0 Å². The Labute approximate surface area is 215 Å². The van der Waals surface area contributed by atoms with E-state index in [4.69, 9.17) is 15.2 Å². The number of amides is 2. The second-order valence-corrected chi connectivity index (χ2v) is 11.6. The molecule has 2 amide bonds. The Hall–Kier alpha value is -3.20. The third kappa shape index (κ3) is 6.94. The van der Waals surface area contributed by atoms with Crippen LogP contribution in [0.2, 0.25) is 0 Å². The average Bonchev–Trinajstić information content (AvgIpc) is 3.22. The van der Waals surface area contributed by atoms with Crippen LogP contribution in [0.3, 0.4) is 0 Å². The summed E-state index contributed by atoms with van der Waals surface area (Å²) in [5.74, 6) is -1.26. The number of benzene rings is 2. The van der Waals surface area contributed by atoms with Crippen molar-refractivity contribution in [3.63, 3.8) is 0 Å². The van der Waals surface area contributed by atoms with Gasteiger partial charge in [-0.1, -0.05) is 23.5 Å². The Morgan fingerprint density at radius 1 is 1.14 bits per heavy atom. The zero-order valence-corrected chi connectivity index (χ0v) is 21.9. The van der Waals surface area contributed by atoms with Crippen LogP contribution in [0.15, 0.2) is 46.7 Å². The summed E-state index contributed by atoms with van der Waals surface area (Å²) < 4.78 is 49.0. The zero-order chi connectivity index (χ0) is 26.5. The third-order valence-corrected chi connectivity index (χ3v) is 7.87. The molecule has 2 aromatic carbocycles.